The topological polar surface area (TPSA) is 121 Å². The Labute approximate surface area is 206 Å². The molecule has 1 atom stereocenters. The molecule has 1 amide bonds. The van der Waals surface area contributed by atoms with Gasteiger partial charge in [-0.2, -0.15) is 0 Å². The third-order valence-electron chi connectivity index (χ3n) is 4.80. The molecule has 1 heterocycles. The van der Waals surface area contributed by atoms with Crippen LogP contribution in [0.15, 0.2) is 47.6 Å². The number of non-ortho nitro benzene ring substituents is 1. The Hall–Kier alpha value is -3.67. The summed E-state index contributed by atoms with van der Waals surface area (Å²) in [6.07, 6.45) is -0.588. The normalized spacial score (nSPS) is 11.8. The molecule has 1 aromatic heterocycles. The van der Waals surface area contributed by atoms with Crippen LogP contribution in [0.25, 0.3) is 0 Å². The summed E-state index contributed by atoms with van der Waals surface area (Å²) < 4.78 is 26.8. The SMILES string of the molecule is COc1ccc([N+](=O)[O-])cc1NC(=O)CSc1nnc(C(C)Oc2ccccc2F)n1CC(C)C. The smallest absolute Gasteiger partial charge is 0.271 e. The first kappa shape index (κ1) is 25.9. The molecule has 12 heteroatoms. The van der Waals surface area contributed by atoms with Gasteiger partial charge >= 0.3 is 0 Å². The summed E-state index contributed by atoms with van der Waals surface area (Å²) in [5.74, 6) is 0.266. The highest BCUT2D eigenvalue weighted by atomic mass is 32.2. The number of hydrogen-bond donors (Lipinski definition) is 1. The van der Waals surface area contributed by atoms with Crippen molar-refractivity contribution in [3.8, 4) is 11.5 Å². The number of benzene rings is 2. The average Bonchev–Trinajstić information content (AvgIpc) is 3.20. The number of thioether (sulfide) groups is 1. The monoisotopic (exact) mass is 503 g/mol. The molecule has 0 radical (unpaired) electrons. The molecule has 3 aromatic rings. The van der Waals surface area contributed by atoms with Gasteiger partial charge in [-0.1, -0.05) is 37.7 Å². The van der Waals surface area contributed by atoms with E-state index in [1.54, 1.807) is 19.1 Å². The summed E-state index contributed by atoms with van der Waals surface area (Å²) in [7, 11) is 1.41. The van der Waals surface area contributed by atoms with Gasteiger partial charge in [-0.15, -0.1) is 10.2 Å². The minimum atomic E-state index is -0.588. The van der Waals surface area contributed by atoms with E-state index in [0.717, 1.165) is 11.8 Å². The van der Waals surface area contributed by atoms with Crippen molar-refractivity contribution in [2.75, 3.05) is 18.2 Å². The Morgan fingerprint density at radius 3 is 2.60 bits per heavy atom. The molecule has 0 spiro atoms. The van der Waals surface area contributed by atoms with Gasteiger partial charge in [0.2, 0.25) is 5.91 Å². The van der Waals surface area contributed by atoms with Crippen LogP contribution in [0.3, 0.4) is 0 Å². The molecule has 1 N–H and O–H groups in total. The lowest BCUT2D eigenvalue weighted by molar-refractivity contribution is -0.384. The molecule has 0 saturated carbocycles. The molecule has 2 aromatic carbocycles. The van der Waals surface area contributed by atoms with Crippen LogP contribution in [-0.2, 0) is 11.3 Å². The zero-order chi connectivity index (χ0) is 25.5. The van der Waals surface area contributed by atoms with Gasteiger partial charge in [0.25, 0.3) is 5.69 Å². The van der Waals surface area contributed by atoms with E-state index in [0.29, 0.717) is 23.3 Å². The lowest BCUT2D eigenvalue weighted by Gasteiger charge is -2.18. The maximum Gasteiger partial charge on any atom is 0.271 e. The second-order valence-electron chi connectivity index (χ2n) is 8.01. The van der Waals surface area contributed by atoms with Crippen LogP contribution in [-0.4, -0.2) is 38.5 Å². The van der Waals surface area contributed by atoms with Crippen LogP contribution in [0.2, 0.25) is 0 Å². The second kappa shape index (κ2) is 11.6. The van der Waals surface area contributed by atoms with Gasteiger partial charge < -0.3 is 19.4 Å². The molecular formula is C23H26FN5O5S. The highest BCUT2D eigenvalue weighted by molar-refractivity contribution is 7.99. The van der Waals surface area contributed by atoms with Crippen molar-refractivity contribution < 1.29 is 23.6 Å². The minimum absolute atomic E-state index is 0.0232. The highest BCUT2D eigenvalue weighted by Gasteiger charge is 2.22. The fraction of sp³-hybridized carbons (Fsp3) is 0.348. The molecule has 0 bridgehead atoms. The molecule has 3 rings (SSSR count). The van der Waals surface area contributed by atoms with E-state index in [9.17, 15) is 19.3 Å². The zero-order valence-corrected chi connectivity index (χ0v) is 20.5. The first-order valence-electron chi connectivity index (χ1n) is 10.8. The van der Waals surface area contributed by atoms with Crippen molar-refractivity contribution >= 4 is 29.0 Å². The van der Waals surface area contributed by atoms with Crippen molar-refractivity contribution in [3.63, 3.8) is 0 Å². The van der Waals surface area contributed by atoms with Crippen molar-refractivity contribution in [2.24, 2.45) is 5.92 Å². The molecule has 0 aliphatic heterocycles. The predicted octanol–water partition coefficient (Wildman–Crippen LogP) is 4.86. The fourth-order valence-corrected chi connectivity index (χ4v) is 4.01. The van der Waals surface area contributed by atoms with E-state index in [4.69, 9.17) is 9.47 Å². The molecule has 186 valence electrons. The Balaban J connectivity index is 1.74. The number of hydrogen-bond acceptors (Lipinski definition) is 8. The molecule has 0 saturated heterocycles. The molecule has 0 aliphatic carbocycles. The Morgan fingerprint density at radius 1 is 1.20 bits per heavy atom. The van der Waals surface area contributed by atoms with Crippen molar-refractivity contribution in [1.82, 2.24) is 14.8 Å². The number of carbonyl (C=O) groups is 1. The number of aromatic nitrogens is 3. The number of halogens is 1. The first-order valence-corrected chi connectivity index (χ1v) is 11.8. The summed E-state index contributed by atoms with van der Waals surface area (Å²) in [6.45, 7) is 6.38. The Kier molecular flexibility index (Phi) is 8.63. The number of amides is 1. The van der Waals surface area contributed by atoms with Crippen LogP contribution in [0.1, 0.15) is 32.7 Å². The maximum atomic E-state index is 14.0. The van der Waals surface area contributed by atoms with Crippen LogP contribution in [0.5, 0.6) is 11.5 Å². The van der Waals surface area contributed by atoms with E-state index in [-0.39, 0.29) is 28.8 Å². The van der Waals surface area contributed by atoms with E-state index in [1.165, 1.54) is 37.4 Å². The fourth-order valence-electron chi connectivity index (χ4n) is 3.25. The number of nitro groups is 1. The third kappa shape index (κ3) is 6.69. The van der Waals surface area contributed by atoms with E-state index in [2.05, 4.69) is 15.5 Å². The Bertz CT molecular complexity index is 1200. The maximum absolute atomic E-state index is 14.0. The van der Waals surface area contributed by atoms with Gasteiger partial charge in [0.1, 0.15) is 5.75 Å². The van der Waals surface area contributed by atoms with Crippen LogP contribution in [0, 0.1) is 21.8 Å². The van der Waals surface area contributed by atoms with Crippen LogP contribution >= 0.6 is 11.8 Å². The van der Waals surface area contributed by atoms with Gasteiger partial charge in [-0.05, 0) is 31.0 Å². The molecule has 0 aliphatic rings. The van der Waals surface area contributed by atoms with Gasteiger partial charge in [-0.3, -0.25) is 14.9 Å². The number of nitro benzene ring substituents is 1. The summed E-state index contributed by atoms with van der Waals surface area (Å²) in [5, 5.41) is 22.7. The van der Waals surface area contributed by atoms with Gasteiger partial charge in [0.05, 0.1) is 23.5 Å². The highest BCUT2D eigenvalue weighted by Crippen LogP contribution is 2.30. The van der Waals surface area contributed by atoms with Gasteiger partial charge in [0, 0.05) is 18.7 Å². The number of methoxy groups -OCH3 is 1. The largest absolute Gasteiger partial charge is 0.495 e. The lowest BCUT2D eigenvalue weighted by atomic mass is 10.2. The third-order valence-corrected chi connectivity index (χ3v) is 5.76. The second-order valence-corrected chi connectivity index (χ2v) is 8.96. The number of nitrogens with zero attached hydrogens (tertiary/aromatic N) is 4. The molecular weight excluding hydrogens is 477 g/mol. The number of rotatable bonds is 11. The number of nitrogens with one attached hydrogen (secondary N) is 1. The quantitative estimate of drug-likeness (QED) is 0.224. The average molecular weight is 504 g/mol. The van der Waals surface area contributed by atoms with E-state index < -0.39 is 22.8 Å². The minimum Gasteiger partial charge on any atom is -0.495 e. The molecule has 1 unspecified atom stereocenters. The summed E-state index contributed by atoms with van der Waals surface area (Å²) in [5.41, 5.74) is 0.0301. The zero-order valence-electron chi connectivity index (χ0n) is 19.7. The van der Waals surface area contributed by atoms with E-state index in [1.807, 2.05) is 18.4 Å². The van der Waals surface area contributed by atoms with Crippen molar-refractivity contribution in [2.45, 2.75) is 38.6 Å². The Morgan fingerprint density at radius 2 is 1.94 bits per heavy atom. The summed E-state index contributed by atoms with van der Waals surface area (Å²) >= 11 is 1.16. The molecule has 0 fully saturated rings. The standard InChI is InChI=1S/C23H26FN5O5S/c1-14(2)12-28-22(15(3)34-19-8-6-5-7-17(19)24)26-27-23(28)35-13-21(30)25-18-11-16(29(31)32)9-10-20(18)33-4/h5-11,14-15H,12-13H2,1-4H3,(H,25,30). The number of carbonyl (C=O) groups excluding carboxylic acids is 1. The van der Waals surface area contributed by atoms with E-state index >= 15 is 0 Å². The van der Waals surface area contributed by atoms with Gasteiger partial charge in [-0.25, -0.2) is 4.39 Å². The van der Waals surface area contributed by atoms with Gasteiger partial charge in [0.15, 0.2) is 28.7 Å². The summed E-state index contributed by atoms with van der Waals surface area (Å²) in [4.78, 5) is 23.1. The van der Waals surface area contributed by atoms with Crippen molar-refractivity contribution in [1.29, 1.82) is 0 Å². The number of anilines is 1. The number of ether oxygens (including phenoxy) is 2. The summed E-state index contributed by atoms with van der Waals surface area (Å²) in [6, 6.07) is 10.1. The lowest BCUT2D eigenvalue weighted by Crippen LogP contribution is -2.17. The van der Waals surface area contributed by atoms with Crippen LogP contribution < -0.4 is 14.8 Å². The van der Waals surface area contributed by atoms with Crippen LogP contribution in [0.4, 0.5) is 15.8 Å². The molecule has 35 heavy (non-hydrogen) atoms. The first-order chi connectivity index (χ1) is 16.7. The van der Waals surface area contributed by atoms with Crippen molar-refractivity contribution in [3.05, 3.63) is 64.2 Å². The predicted molar refractivity (Wildman–Crippen MR) is 129 cm³/mol. The molecule has 10 nitrogen and oxygen atoms in total. The number of para-hydroxylation sites is 1.